The van der Waals surface area contributed by atoms with Crippen molar-refractivity contribution < 1.29 is 13.3 Å². The Morgan fingerprint density at radius 2 is 2.47 bits per heavy atom. The van der Waals surface area contributed by atoms with Crippen molar-refractivity contribution in [2.45, 2.75) is 38.8 Å². The highest BCUT2D eigenvalue weighted by Gasteiger charge is 2.32. The van der Waals surface area contributed by atoms with Gasteiger partial charge in [-0.25, -0.2) is 8.78 Å². The zero-order valence-corrected chi connectivity index (χ0v) is 8.62. The summed E-state index contributed by atoms with van der Waals surface area (Å²) in [6.45, 7) is 3.06. The number of aryl methyl sites for hydroxylation is 1. The number of alkyl halides is 2. The molecule has 0 bridgehead atoms. The lowest BCUT2D eigenvalue weighted by Crippen LogP contribution is -2.34. The summed E-state index contributed by atoms with van der Waals surface area (Å²) in [4.78, 5) is 1.81. The second kappa shape index (κ2) is 4.26. The van der Waals surface area contributed by atoms with Crippen molar-refractivity contribution >= 4 is 0 Å². The third-order valence-electron chi connectivity index (χ3n) is 2.93. The van der Waals surface area contributed by atoms with Crippen LogP contribution >= 0.6 is 0 Å². The van der Waals surface area contributed by atoms with Crippen LogP contribution in [0.1, 0.15) is 24.2 Å². The number of hydrogen-bond acceptors (Lipinski definition) is 3. The van der Waals surface area contributed by atoms with Gasteiger partial charge in [-0.05, 0) is 26.3 Å². The summed E-state index contributed by atoms with van der Waals surface area (Å²) in [5.74, 6) is 0.718. The predicted molar refractivity (Wildman–Crippen MR) is 50.7 cm³/mol. The van der Waals surface area contributed by atoms with Crippen molar-refractivity contribution in [3.63, 3.8) is 0 Å². The van der Waals surface area contributed by atoms with Gasteiger partial charge in [0.1, 0.15) is 5.76 Å². The number of rotatable bonds is 3. The molecule has 0 spiro atoms. The van der Waals surface area contributed by atoms with Crippen LogP contribution in [0.3, 0.4) is 0 Å². The largest absolute Gasteiger partial charge is 0.361 e. The van der Waals surface area contributed by atoms with E-state index >= 15 is 0 Å². The molecule has 1 saturated heterocycles. The lowest BCUT2D eigenvalue weighted by atomic mass is 10.2. The molecule has 5 heteroatoms. The second-order valence-electron chi connectivity index (χ2n) is 3.92. The lowest BCUT2D eigenvalue weighted by Gasteiger charge is -2.22. The molecule has 0 radical (unpaired) electrons. The van der Waals surface area contributed by atoms with Crippen LogP contribution in [0.5, 0.6) is 0 Å². The molecule has 1 aromatic heterocycles. The molecule has 0 aromatic carbocycles. The summed E-state index contributed by atoms with van der Waals surface area (Å²) >= 11 is 0. The van der Waals surface area contributed by atoms with E-state index in [2.05, 4.69) is 5.16 Å². The fourth-order valence-corrected chi connectivity index (χ4v) is 2.02. The van der Waals surface area contributed by atoms with E-state index in [0.717, 1.165) is 24.3 Å². The summed E-state index contributed by atoms with van der Waals surface area (Å²) < 4.78 is 30.2. The highest BCUT2D eigenvalue weighted by Crippen LogP contribution is 2.25. The van der Waals surface area contributed by atoms with Gasteiger partial charge in [0.25, 0.3) is 6.43 Å². The Morgan fingerprint density at radius 1 is 1.67 bits per heavy atom. The first-order valence-corrected chi connectivity index (χ1v) is 5.11. The van der Waals surface area contributed by atoms with Crippen LogP contribution in [0.4, 0.5) is 8.78 Å². The Labute approximate surface area is 87.0 Å². The molecular formula is C10H14F2N2O. The summed E-state index contributed by atoms with van der Waals surface area (Å²) in [7, 11) is 0. The third-order valence-corrected chi connectivity index (χ3v) is 2.93. The Kier molecular flexibility index (Phi) is 3.00. The molecule has 15 heavy (non-hydrogen) atoms. The van der Waals surface area contributed by atoms with Gasteiger partial charge in [0.2, 0.25) is 0 Å². The minimum atomic E-state index is -2.26. The fraction of sp³-hybridized carbons (Fsp3) is 0.700. The third kappa shape index (κ3) is 2.17. The Morgan fingerprint density at radius 3 is 3.07 bits per heavy atom. The fourth-order valence-electron chi connectivity index (χ4n) is 2.02. The molecule has 2 heterocycles. The predicted octanol–water partition coefficient (Wildman–Crippen LogP) is 2.21. The maximum absolute atomic E-state index is 12.6. The summed E-state index contributed by atoms with van der Waals surface area (Å²) in [5.41, 5.74) is 0.905. The topological polar surface area (TPSA) is 29.3 Å². The standard InChI is InChI=1S/C10H14F2N2O/c1-7-8(5-13-15-7)6-14-4-2-3-9(14)10(11)12/h5,9-10H,2-4,6H2,1H3/t9-/m1/s1. The van der Waals surface area contributed by atoms with Crippen LogP contribution in [0.2, 0.25) is 0 Å². The number of halogens is 2. The number of nitrogens with zero attached hydrogens (tertiary/aromatic N) is 2. The van der Waals surface area contributed by atoms with E-state index in [1.165, 1.54) is 0 Å². The normalized spacial score (nSPS) is 22.8. The van der Waals surface area contributed by atoms with E-state index in [0.29, 0.717) is 13.0 Å². The van der Waals surface area contributed by atoms with Crippen molar-refractivity contribution in [3.8, 4) is 0 Å². The Balaban J connectivity index is 2.02. The van der Waals surface area contributed by atoms with Crippen LogP contribution in [0, 0.1) is 6.92 Å². The molecule has 3 nitrogen and oxygen atoms in total. The van der Waals surface area contributed by atoms with E-state index in [4.69, 9.17) is 4.52 Å². The molecule has 1 fully saturated rings. The van der Waals surface area contributed by atoms with Gasteiger partial charge in [0.05, 0.1) is 12.2 Å². The van der Waals surface area contributed by atoms with Gasteiger partial charge in [0.15, 0.2) is 0 Å². The van der Waals surface area contributed by atoms with E-state index in [-0.39, 0.29) is 0 Å². The van der Waals surface area contributed by atoms with Crippen molar-refractivity contribution in [3.05, 3.63) is 17.5 Å². The molecule has 2 rings (SSSR count). The minimum Gasteiger partial charge on any atom is -0.361 e. The first kappa shape index (κ1) is 10.5. The van der Waals surface area contributed by atoms with Crippen LogP contribution in [-0.2, 0) is 6.54 Å². The lowest BCUT2D eigenvalue weighted by molar-refractivity contribution is 0.0438. The zero-order valence-electron chi connectivity index (χ0n) is 8.62. The molecule has 1 aliphatic rings. The summed E-state index contributed by atoms with van der Waals surface area (Å²) in [6, 6.07) is -0.598. The van der Waals surface area contributed by atoms with Gasteiger partial charge in [-0.2, -0.15) is 0 Å². The molecular weight excluding hydrogens is 202 g/mol. The summed E-state index contributed by atoms with van der Waals surface area (Å²) in [6.07, 6.45) is 0.782. The number of hydrogen-bond donors (Lipinski definition) is 0. The zero-order chi connectivity index (χ0) is 10.8. The molecule has 0 amide bonds. The van der Waals surface area contributed by atoms with E-state index in [1.54, 1.807) is 13.1 Å². The molecule has 1 atom stereocenters. The van der Waals surface area contributed by atoms with Crippen molar-refractivity contribution in [1.29, 1.82) is 0 Å². The molecule has 0 saturated carbocycles. The molecule has 0 unspecified atom stereocenters. The summed E-state index contributed by atoms with van der Waals surface area (Å²) in [5, 5.41) is 3.64. The first-order chi connectivity index (χ1) is 7.18. The molecule has 0 aliphatic carbocycles. The highest BCUT2D eigenvalue weighted by atomic mass is 19.3. The van der Waals surface area contributed by atoms with Crippen molar-refractivity contribution in [2.24, 2.45) is 0 Å². The van der Waals surface area contributed by atoms with E-state index in [9.17, 15) is 8.78 Å². The second-order valence-corrected chi connectivity index (χ2v) is 3.92. The van der Waals surface area contributed by atoms with Crippen LogP contribution < -0.4 is 0 Å². The number of aromatic nitrogens is 1. The molecule has 84 valence electrons. The number of likely N-dealkylation sites (tertiary alicyclic amines) is 1. The molecule has 1 aliphatic heterocycles. The SMILES string of the molecule is Cc1oncc1CN1CCC[C@@H]1C(F)F. The van der Waals surface area contributed by atoms with Crippen LogP contribution in [0.25, 0.3) is 0 Å². The minimum absolute atomic E-state index is 0.518. The maximum Gasteiger partial charge on any atom is 0.253 e. The highest BCUT2D eigenvalue weighted by molar-refractivity contribution is 5.11. The quantitative estimate of drug-likeness (QED) is 0.775. The van der Waals surface area contributed by atoms with Gasteiger partial charge in [-0.1, -0.05) is 5.16 Å². The molecule has 0 N–H and O–H groups in total. The molecule has 1 aromatic rings. The van der Waals surface area contributed by atoms with Gasteiger partial charge in [-0.15, -0.1) is 0 Å². The van der Waals surface area contributed by atoms with E-state index in [1.807, 2.05) is 4.90 Å². The van der Waals surface area contributed by atoms with Crippen LogP contribution in [-0.4, -0.2) is 29.1 Å². The van der Waals surface area contributed by atoms with Crippen molar-refractivity contribution in [1.82, 2.24) is 10.1 Å². The average molecular weight is 216 g/mol. The van der Waals surface area contributed by atoms with Gasteiger partial charge >= 0.3 is 0 Å². The average Bonchev–Trinajstić information content (AvgIpc) is 2.77. The maximum atomic E-state index is 12.6. The van der Waals surface area contributed by atoms with E-state index < -0.39 is 12.5 Å². The Bertz CT molecular complexity index is 327. The first-order valence-electron chi connectivity index (χ1n) is 5.11. The van der Waals surface area contributed by atoms with Gasteiger partial charge < -0.3 is 4.52 Å². The van der Waals surface area contributed by atoms with Crippen LogP contribution in [0.15, 0.2) is 10.7 Å². The van der Waals surface area contributed by atoms with Gasteiger partial charge in [-0.3, -0.25) is 4.90 Å². The van der Waals surface area contributed by atoms with Gasteiger partial charge in [0, 0.05) is 12.1 Å². The monoisotopic (exact) mass is 216 g/mol. The smallest absolute Gasteiger partial charge is 0.253 e. The Hall–Kier alpha value is -0.970. The van der Waals surface area contributed by atoms with Crippen molar-refractivity contribution in [2.75, 3.05) is 6.54 Å².